The van der Waals surface area contributed by atoms with E-state index in [-0.39, 0.29) is 0 Å². The highest BCUT2D eigenvalue weighted by atomic mass is 16.5. The summed E-state index contributed by atoms with van der Waals surface area (Å²) in [4.78, 5) is 0. The standard InChI is InChI=1S/C12H13NO/c1-9-2-3-11(7-13)6-12(9)14-8-10-4-5-10/h2-3,6,10H,4-5,8H2,1H3. The van der Waals surface area contributed by atoms with Crippen molar-refractivity contribution in [2.75, 3.05) is 6.61 Å². The molecule has 2 heteroatoms. The monoisotopic (exact) mass is 187 g/mol. The van der Waals surface area contributed by atoms with Crippen LogP contribution in [0.15, 0.2) is 18.2 Å². The first-order valence-corrected chi connectivity index (χ1v) is 4.93. The molecule has 2 rings (SSSR count). The van der Waals surface area contributed by atoms with Crippen molar-refractivity contribution in [1.82, 2.24) is 0 Å². The van der Waals surface area contributed by atoms with Gasteiger partial charge in [0.1, 0.15) is 5.75 Å². The first kappa shape index (κ1) is 9.08. The van der Waals surface area contributed by atoms with Crippen LogP contribution in [0.5, 0.6) is 5.75 Å². The van der Waals surface area contributed by atoms with Gasteiger partial charge in [-0.2, -0.15) is 5.26 Å². The topological polar surface area (TPSA) is 33.0 Å². The summed E-state index contributed by atoms with van der Waals surface area (Å²) in [5, 5.41) is 8.74. The summed E-state index contributed by atoms with van der Waals surface area (Å²) >= 11 is 0. The molecule has 0 bridgehead atoms. The lowest BCUT2D eigenvalue weighted by Gasteiger charge is -2.08. The third-order valence-corrected chi connectivity index (χ3v) is 2.49. The van der Waals surface area contributed by atoms with Crippen molar-refractivity contribution in [3.05, 3.63) is 29.3 Å². The quantitative estimate of drug-likeness (QED) is 0.728. The molecular weight excluding hydrogens is 174 g/mol. The number of nitrogens with zero attached hydrogens (tertiary/aromatic N) is 1. The molecular formula is C12H13NO. The van der Waals surface area contributed by atoms with Crippen LogP contribution in [0.2, 0.25) is 0 Å². The Bertz CT molecular complexity index is 374. The molecule has 0 spiro atoms. The van der Waals surface area contributed by atoms with E-state index < -0.39 is 0 Å². The summed E-state index contributed by atoms with van der Waals surface area (Å²) in [6, 6.07) is 7.69. The molecule has 0 unspecified atom stereocenters. The molecule has 1 saturated carbocycles. The Hall–Kier alpha value is -1.49. The van der Waals surface area contributed by atoms with Gasteiger partial charge >= 0.3 is 0 Å². The summed E-state index contributed by atoms with van der Waals surface area (Å²) in [5.74, 6) is 1.61. The zero-order valence-electron chi connectivity index (χ0n) is 8.29. The SMILES string of the molecule is Cc1ccc(C#N)cc1OCC1CC1. The number of hydrogen-bond acceptors (Lipinski definition) is 2. The van der Waals surface area contributed by atoms with Gasteiger partial charge in [0.05, 0.1) is 18.2 Å². The van der Waals surface area contributed by atoms with Crippen LogP contribution in [-0.2, 0) is 0 Å². The molecule has 0 N–H and O–H groups in total. The van der Waals surface area contributed by atoms with Crippen molar-refractivity contribution in [3.8, 4) is 11.8 Å². The van der Waals surface area contributed by atoms with Crippen molar-refractivity contribution >= 4 is 0 Å². The Morgan fingerprint density at radius 2 is 2.29 bits per heavy atom. The third kappa shape index (κ3) is 2.05. The predicted octanol–water partition coefficient (Wildman–Crippen LogP) is 2.66. The molecule has 0 aromatic heterocycles. The second kappa shape index (κ2) is 3.71. The van der Waals surface area contributed by atoms with Gasteiger partial charge in [-0.3, -0.25) is 0 Å². The van der Waals surface area contributed by atoms with Gasteiger partial charge in [0.15, 0.2) is 0 Å². The van der Waals surface area contributed by atoms with Crippen LogP contribution in [0.25, 0.3) is 0 Å². The van der Waals surface area contributed by atoms with E-state index in [1.807, 2.05) is 25.1 Å². The second-order valence-corrected chi connectivity index (χ2v) is 3.85. The van der Waals surface area contributed by atoms with Gasteiger partial charge in [0.2, 0.25) is 0 Å². The predicted molar refractivity (Wildman–Crippen MR) is 54.1 cm³/mol. The van der Waals surface area contributed by atoms with Crippen LogP contribution in [0.4, 0.5) is 0 Å². The fourth-order valence-corrected chi connectivity index (χ4v) is 1.32. The molecule has 0 radical (unpaired) electrons. The second-order valence-electron chi connectivity index (χ2n) is 3.85. The summed E-state index contributed by atoms with van der Waals surface area (Å²) < 4.78 is 5.65. The molecule has 1 aromatic carbocycles. The molecule has 1 aliphatic rings. The third-order valence-electron chi connectivity index (χ3n) is 2.49. The first-order chi connectivity index (χ1) is 6.79. The summed E-state index contributed by atoms with van der Waals surface area (Å²) in [7, 11) is 0. The molecule has 0 heterocycles. The Balaban J connectivity index is 2.09. The first-order valence-electron chi connectivity index (χ1n) is 4.93. The maximum atomic E-state index is 8.74. The fourth-order valence-electron chi connectivity index (χ4n) is 1.32. The van der Waals surface area contributed by atoms with E-state index in [1.165, 1.54) is 12.8 Å². The lowest BCUT2D eigenvalue weighted by atomic mass is 10.1. The summed E-state index contributed by atoms with van der Waals surface area (Å²) in [6.45, 7) is 2.80. The van der Waals surface area contributed by atoms with E-state index >= 15 is 0 Å². The van der Waals surface area contributed by atoms with Gasteiger partial charge in [0, 0.05) is 0 Å². The van der Waals surface area contributed by atoms with Crippen molar-refractivity contribution in [2.45, 2.75) is 19.8 Å². The number of hydrogen-bond donors (Lipinski definition) is 0. The van der Waals surface area contributed by atoms with Gasteiger partial charge in [-0.25, -0.2) is 0 Å². The van der Waals surface area contributed by atoms with Crippen LogP contribution in [0.1, 0.15) is 24.0 Å². The molecule has 1 aromatic rings. The maximum Gasteiger partial charge on any atom is 0.123 e. The molecule has 1 fully saturated rings. The lowest BCUT2D eigenvalue weighted by Crippen LogP contribution is -2.00. The molecule has 0 amide bonds. The van der Waals surface area contributed by atoms with E-state index in [9.17, 15) is 0 Å². The van der Waals surface area contributed by atoms with Gasteiger partial charge < -0.3 is 4.74 Å². The number of benzene rings is 1. The number of ether oxygens (including phenoxy) is 1. The van der Waals surface area contributed by atoms with Crippen LogP contribution in [0.3, 0.4) is 0 Å². The van der Waals surface area contributed by atoms with Gasteiger partial charge in [-0.05, 0) is 43.4 Å². The minimum atomic E-state index is 0.668. The van der Waals surface area contributed by atoms with E-state index in [2.05, 4.69) is 6.07 Å². The van der Waals surface area contributed by atoms with Gasteiger partial charge in [-0.1, -0.05) is 6.07 Å². The largest absolute Gasteiger partial charge is 0.493 e. The van der Waals surface area contributed by atoms with E-state index in [0.29, 0.717) is 5.56 Å². The Morgan fingerprint density at radius 1 is 1.50 bits per heavy atom. The maximum absolute atomic E-state index is 8.74. The molecule has 0 saturated heterocycles. The highest BCUT2D eigenvalue weighted by Crippen LogP contribution is 2.30. The zero-order valence-corrected chi connectivity index (χ0v) is 8.29. The smallest absolute Gasteiger partial charge is 0.123 e. The number of aryl methyl sites for hydroxylation is 1. The Morgan fingerprint density at radius 3 is 2.93 bits per heavy atom. The van der Waals surface area contributed by atoms with Crippen molar-refractivity contribution < 1.29 is 4.74 Å². The average Bonchev–Trinajstić information content (AvgIpc) is 3.00. The minimum absolute atomic E-state index is 0.668. The van der Waals surface area contributed by atoms with Crippen LogP contribution in [-0.4, -0.2) is 6.61 Å². The molecule has 1 aliphatic carbocycles. The zero-order chi connectivity index (χ0) is 9.97. The molecule has 0 aliphatic heterocycles. The van der Waals surface area contributed by atoms with Gasteiger partial charge in [-0.15, -0.1) is 0 Å². The van der Waals surface area contributed by atoms with Gasteiger partial charge in [0.25, 0.3) is 0 Å². The number of nitriles is 1. The fraction of sp³-hybridized carbons (Fsp3) is 0.417. The van der Waals surface area contributed by atoms with Crippen molar-refractivity contribution in [1.29, 1.82) is 5.26 Å². The summed E-state index contributed by atoms with van der Waals surface area (Å²) in [6.07, 6.45) is 2.58. The highest BCUT2D eigenvalue weighted by Gasteiger charge is 2.22. The van der Waals surface area contributed by atoms with Crippen molar-refractivity contribution in [2.24, 2.45) is 5.92 Å². The minimum Gasteiger partial charge on any atom is -0.493 e. The number of rotatable bonds is 3. The van der Waals surface area contributed by atoms with Crippen LogP contribution in [0, 0.1) is 24.2 Å². The average molecular weight is 187 g/mol. The normalized spacial score (nSPS) is 14.9. The van der Waals surface area contributed by atoms with E-state index in [4.69, 9.17) is 10.00 Å². The van der Waals surface area contributed by atoms with Crippen molar-refractivity contribution in [3.63, 3.8) is 0 Å². The molecule has 72 valence electrons. The highest BCUT2D eigenvalue weighted by molar-refractivity contribution is 5.41. The molecule has 2 nitrogen and oxygen atoms in total. The van der Waals surface area contributed by atoms with E-state index in [1.54, 1.807) is 0 Å². The molecule has 14 heavy (non-hydrogen) atoms. The lowest BCUT2D eigenvalue weighted by molar-refractivity contribution is 0.298. The Kier molecular flexibility index (Phi) is 2.41. The van der Waals surface area contributed by atoms with Crippen LogP contribution < -0.4 is 4.74 Å². The summed E-state index contributed by atoms with van der Waals surface area (Å²) in [5.41, 5.74) is 1.77. The van der Waals surface area contributed by atoms with Crippen LogP contribution >= 0.6 is 0 Å². The Labute approximate surface area is 84.1 Å². The molecule has 0 atom stereocenters. The van der Waals surface area contributed by atoms with E-state index in [0.717, 1.165) is 23.8 Å².